The normalized spacial score (nSPS) is 12.7. The average Bonchev–Trinajstić information content (AvgIpc) is 2.92. The molecule has 0 radical (unpaired) electrons. The van der Waals surface area contributed by atoms with Crippen LogP contribution >= 0.6 is 0 Å². The van der Waals surface area contributed by atoms with Gasteiger partial charge in [0.05, 0.1) is 6.04 Å². The molecule has 2 nitrogen and oxygen atoms in total. The Labute approximate surface area is 121 Å². The quantitative estimate of drug-likeness (QED) is 0.761. The number of hydrogen-bond acceptors (Lipinski definition) is 2. The molecule has 0 fully saturated rings. The summed E-state index contributed by atoms with van der Waals surface area (Å²) in [5.74, 6) is -0.839. The molecule has 0 spiro atoms. The fraction of sp³-hybridized carbons (Fsp3) is 0.176. The average molecular weight is 287 g/mol. The highest BCUT2D eigenvalue weighted by molar-refractivity contribution is 5.77. The first kappa shape index (κ1) is 13.8. The Morgan fingerprint density at radius 2 is 1.86 bits per heavy atom. The smallest absolute Gasteiger partial charge is 0.159 e. The third kappa shape index (κ3) is 2.95. The summed E-state index contributed by atoms with van der Waals surface area (Å²) in [6, 6.07) is 13.7. The number of benzene rings is 2. The number of nitrogens with one attached hydrogen (secondary N) is 1. The van der Waals surface area contributed by atoms with Crippen LogP contribution in [0.2, 0.25) is 0 Å². The van der Waals surface area contributed by atoms with E-state index in [1.807, 2.05) is 37.3 Å². The zero-order valence-electron chi connectivity index (χ0n) is 11.6. The molecule has 0 aliphatic carbocycles. The Morgan fingerprint density at radius 1 is 1.05 bits per heavy atom. The molecule has 1 unspecified atom stereocenters. The van der Waals surface area contributed by atoms with E-state index in [2.05, 4.69) is 5.32 Å². The third-order valence-electron chi connectivity index (χ3n) is 3.47. The lowest BCUT2D eigenvalue weighted by Gasteiger charge is -2.11. The van der Waals surface area contributed by atoms with Crippen LogP contribution < -0.4 is 5.32 Å². The van der Waals surface area contributed by atoms with E-state index in [0.29, 0.717) is 12.1 Å². The van der Waals surface area contributed by atoms with Crippen molar-refractivity contribution in [2.24, 2.45) is 0 Å². The van der Waals surface area contributed by atoms with Gasteiger partial charge >= 0.3 is 0 Å². The van der Waals surface area contributed by atoms with Gasteiger partial charge in [-0.05, 0) is 36.8 Å². The van der Waals surface area contributed by atoms with Gasteiger partial charge < -0.3 is 9.73 Å². The van der Waals surface area contributed by atoms with Crippen molar-refractivity contribution in [2.45, 2.75) is 19.5 Å². The van der Waals surface area contributed by atoms with Gasteiger partial charge in [-0.1, -0.05) is 24.3 Å². The summed E-state index contributed by atoms with van der Waals surface area (Å²) < 4.78 is 31.8. The summed E-state index contributed by atoms with van der Waals surface area (Å²) in [5.41, 5.74) is 1.53. The fourth-order valence-electron chi connectivity index (χ4n) is 2.24. The van der Waals surface area contributed by atoms with Crippen molar-refractivity contribution < 1.29 is 13.2 Å². The second-order valence-electron chi connectivity index (χ2n) is 5.04. The number of para-hydroxylation sites is 1. The molecule has 1 heterocycles. The predicted molar refractivity (Wildman–Crippen MR) is 77.8 cm³/mol. The first-order valence-electron chi connectivity index (χ1n) is 6.79. The van der Waals surface area contributed by atoms with Crippen LogP contribution in [0.15, 0.2) is 52.9 Å². The van der Waals surface area contributed by atoms with E-state index >= 15 is 0 Å². The van der Waals surface area contributed by atoms with Gasteiger partial charge in [0.2, 0.25) is 0 Å². The van der Waals surface area contributed by atoms with E-state index in [1.165, 1.54) is 6.07 Å². The largest absolute Gasteiger partial charge is 0.459 e. The maximum Gasteiger partial charge on any atom is 0.159 e. The van der Waals surface area contributed by atoms with Gasteiger partial charge in [0, 0.05) is 11.9 Å². The fourth-order valence-corrected chi connectivity index (χ4v) is 2.24. The van der Waals surface area contributed by atoms with E-state index in [1.54, 1.807) is 6.07 Å². The minimum atomic E-state index is -0.830. The van der Waals surface area contributed by atoms with Crippen molar-refractivity contribution in [1.82, 2.24) is 5.32 Å². The van der Waals surface area contributed by atoms with Crippen LogP contribution in [0.4, 0.5) is 8.78 Å². The molecule has 4 heteroatoms. The van der Waals surface area contributed by atoms with E-state index in [-0.39, 0.29) is 6.04 Å². The van der Waals surface area contributed by atoms with Crippen molar-refractivity contribution >= 4 is 11.0 Å². The lowest BCUT2D eigenvalue weighted by molar-refractivity contribution is 0.449. The number of furan rings is 1. The number of rotatable bonds is 4. The van der Waals surface area contributed by atoms with Crippen molar-refractivity contribution in [3.8, 4) is 0 Å². The van der Waals surface area contributed by atoms with Gasteiger partial charge in [0.1, 0.15) is 11.3 Å². The molecule has 0 amide bonds. The summed E-state index contributed by atoms with van der Waals surface area (Å²) >= 11 is 0. The lowest BCUT2D eigenvalue weighted by atomic mass is 10.2. The molecule has 0 saturated heterocycles. The van der Waals surface area contributed by atoms with Crippen LogP contribution in [0.5, 0.6) is 0 Å². The highest BCUT2D eigenvalue weighted by Gasteiger charge is 2.11. The van der Waals surface area contributed by atoms with Crippen molar-refractivity contribution in [3.05, 3.63) is 71.5 Å². The predicted octanol–water partition coefficient (Wildman–Crippen LogP) is 4.56. The SMILES string of the molecule is CC(NCc1ccc(F)c(F)c1)c1cc2ccccc2o1. The minimum absolute atomic E-state index is 0.0227. The number of fused-ring (bicyclic) bond motifs is 1. The highest BCUT2D eigenvalue weighted by atomic mass is 19.2. The molecule has 0 saturated carbocycles. The van der Waals surface area contributed by atoms with Gasteiger partial charge in [0.25, 0.3) is 0 Å². The zero-order valence-corrected chi connectivity index (χ0v) is 11.6. The van der Waals surface area contributed by atoms with Crippen LogP contribution in [0.1, 0.15) is 24.3 Å². The Morgan fingerprint density at radius 3 is 2.62 bits per heavy atom. The number of halogens is 2. The first-order chi connectivity index (χ1) is 10.1. The van der Waals surface area contributed by atoms with Crippen LogP contribution in [-0.4, -0.2) is 0 Å². The summed E-state index contributed by atoms with van der Waals surface area (Å²) in [4.78, 5) is 0. The second kappa shape index (κ2) is 5.66. The lowest BCUT2D eigenvalue weighted by Crippen LogP contribution is -2.17. The Bertz CT molecular complexity index is 733. The zero-order chi connectivity index (χ0) is 14.8. The van der Waals surface area contributed by atoms with Crippen molar-refractivity contribution in [3.63, 3.8) is 0 Å². The molecule has 0 bridgehead atoms. The second-order valence-corrected chi connectivity index (χ2v) is 5.04. The van der Waals surface area contributed by atoms with Gasteiger partial charge in [0.15, 0.2) is 11.6 Å². The van der Waals surface area contributed by atoms with Crippen molar-refractivity contribution in [1.29, 1.82) is 0 Å². The molecular weight excluding hydrogens is 272 g/mol. The molecule has 108 valence electrons. The maximum absolute atomic E-state index is 13.1. The van der Waals surface area contributed by atoms with Gasteiger partial charge in [-0.25, -0.2) is 8.78 Å². The van der Waals surface area contributed by atoms with E-state index in [4.69, 9.17) is 4.42 Å². The topological polar surface area (TPSA) is 25.2 Å². The van der Waals surface area contributed by atoms with E-state index in [0.717, 1.165) is 22.8 Å². The highest BCUT2D eigenvalue weighted by Crippen LogP contribution is 2.23. The van der Waals surface area contributed by atoms with Crippen LogP contribution in [0, 0.1) is 11.6 Å². The van der Waals surface area contributed by atoms with Gasteiger partial charge in [-0.3, -0.25) is 0 Å². The van der Waals surface area contributed by atoms with Crippen LogP contribution in [0.3, 0.4) is 0 Å². The summed E-state index contributed by atoms with van der Waals surface area (Å²) in [6.45, 7) is 2.41. The molecule has 3 rings (SSSR count). The van der Waals surface area contributed by atoms with Crippen LogP contribution in [-0.2, 0) is 6.54 Å². The van der Waals surface area contributed by atoms with Gasteiger partial charge in [-0.15, -0.1) is 0 Å². The van der Waals surface area contributed by atoms with Crippen LogP contribution in [0.25, 0.3) is 11.0 Å². The Balaban J connectivity index is 1.70. The number of hydrogen-bond donors (Lipinski definition) is 1. The molecule has 1 N–H and O–H groups in total. The third-order valence-corrected chi connectivity index (χ3v) is 3.47. The monoisotopic (exact) mass is 287 g/mol. The maximum atomic E-state index is 13.1. The summed E-state index contributed by atoms with van der Waals surface area (Å²) in [7, 11) is 0. The summed E-state index contributed by atoms with van der Waals surface area (Å²) in [6.07, 6.45) is 0. The molecule has 2 aromatic carbocycles. The Hall–Kier alpha value is -2.20. The summed E-state index contributed by atoms with van der Waals surface area (Å²) in [5, 5.41) is 4.29. The molecule has 1 aromatic heterocycles. The van der Waals surface area contributed by atoms with Gasteiger partial charge in [-0.2, -0.15) is 0 Å². The minimum Gasteiger partial charge on any atom is -0.459 e. The van der Waals surface area contributed by atoms with E-state index in [9.17, 15) is 8.78 Å². The molecule has 3 aromatic rings. The Kier molecular flexibility index (Phi) is 3.71. The molecule has 21 heavy (non-hydrogen) atoms. The first-order valence-corrected chi connectivity index (χ1v) is 6.79. The molecular formula is C17H15F2NO. The molecule has 0 aliphatic heterocycles. The standard InChI is InChI=1S/C17H15F2NO/c1-11(17-9-13-4-2-3-5-16(13)21-17)20-10-12-6-7-14(18)15(19)8-12/h2-9,11,20H,10H2,1H3. The molecule has 1 atom stereocenters. The van der Waals surface area contributed by atoms with Crippen molar-refractivity contribution in [2.75, 3.05) is 0 Å². The molecule has 0 aliphatic rings. The van der Waals surface area contributed by atoms with E-state index < -0.39 is 11.6 Å².